The fourth-order valence-electron chi connectivity index (χ4n) is 1.28. The van der Waals surface area contributed by atoms with Crippen LogP contribution in [-0.2, 0) is 9.53 Å². The predicted molar refractivity (Wildman–Crippen MR) is 47.5 cm³/mol. The number of rotatable bonds is 2. The standard InChI is InChI=1S/C8H12ClNO3/c1-5(2)6-4-13-8(12)10(6)7(11)3-9/h5-6H,3-4H2,1-2H3/t6-/m1/s1. The molecule has 0 N–H and O–H groups in total. The molecule has 0 aromatic carbocycles. The van der Waals surface area contributed by atoms with Crippen molar-refractivity contribution in [3.63, 3.8) is 0 Å². The zero-order valence-corrected chi connectivity index (χ0v) is 8.37. The summed E-state index contributed by atoms with van der Waals surface area (Å²) in [7, 11) is 0. The van der Waals surface area contributed by atoms with Crippen LogP contribution in [0, 0.1) is 5.92 Å². The van der Waals surface area contributed by atoms with Crippen molar-refractivity contribution in [1.82, 2.24) is 4.90 Å². The molecule has 1 heterocycles. The lowest BCUT2D eigenvalue weighted by atomic mass is 10.0. The zero-order valence-electron chi connectivity index (χ0n) is 7.62. The quantitative estimate of drug-likeness (QED) is 0.637. The van der Waals surface area contributed by atoms with E-state index in [1.807, 2.05) is 13.8 Å². The van der Waals surface area contributed by atoms with Crippen LogP contribution in [0.4, 0.5) is 4.79 Å². The lowest BCUT2D eigenvalue weighted by Gasteiger charge is -2.21. The van der Waals surface area contributed by atoms with E-state index in [1.54, 1.807) is 0 Å². The van der Waals surface area contributed by atoms with Crippen molar-refractivity contribution in [1.29, 1.82) is 0 Å². The highest BCUT2D eigenvalue weighted by atomic mass is 35.5. The van der Waals surface area contributed by atoms with E-state index in [0.29, 0.717) is 0 Å². The number of hydrogen-bond donors (Lipinski definition) is 0. The molecule has 74 valence electrons. The Morgan fingerprint density at radius 1 is 1.77 bits per heavy atom. The lowest BCUT2D eigenvalue weighted by molar-refractivity contribution is -0.127. The summed E-state index contributed by atoms with van der Waals surface area (Å²) >= 11 is 5.37. The van der Waals surface area contributed by atoms with Gasteiger partial charge in [-0.2, -0.15) is 0 Å². The van der Waals surface area contributed by atoms with Gasteiger partial charge < -0.3 is 4.74 Å². The number of carbonyl (C=O) groups is 2. The van der Waals surface area contributed by atoms with Gasteiger partial charge in [-0.25, -0.2) is 9.69 Å². The Labute approximate surface area is 81.8 Å². The van der Waals surface area contributed by atoms with E-state index >= 15 is 0 Å². The molecule has 0 saturated carbocycles. The van der Waals surface area contributed by atoms with Crippen LogP contribution in [0.25, 0.3) is 0 Å². The fourth-order valence-corrected chi connectivity index (χ4v) is 1.41. The van der Waals surface area contributed by atoms with Gasteiger partial charge in [0.2, 0.25) is 5.91 Å². The van der Waals surface area contributed by atoms with Gasteiger partial charge in [0.1, 0.15) is 12.5 Å². The Balaban J connectivity index is 2.77. The van der Waals surface area contributed by atoms with Gasteiger partial charge in [0, 0.05) is 0 Å². The number of amides is 2. The second-order valence-corrected chi connectivity index (χ2v) is 3.55. The molecular weight excluding hydrogens is 194 g/mol. The molecule has 1 atom stereocenters. The van der Waals surface area contributed by atoms with Crippen molar-refractivity contribution in [2.45, 2.75) is 19.9 Å². The normalized spacial score (nSPS) is 22.3. The minimum Gasteiger partial charge on any atom is -0.447 e. The van der Waals surface area contributed by atoms with Crippen LogP contribution in [0.3, 0.4) is 0 Å². The van der Waals surface area contributed by atoms with E-state index in [2.05, 4.69) is 0 Å². The Morgan fingerprint density at radius 2 is 2.38 bits per heavy atom. The molecule has 1 aliphatic rings. The van der Waals surface area contributed by atoms with E-state index in [4.69, 9.17) is 16.3 Å². The van der Waals surface area contributed by atoms with Gasteiger partial charge in [-0.1, -0.05) is 13.8 Å². The Morgan fingerprint density at radius 3 is 2.85 bits per heavy atom. The number of carbonyl (C=O) groups excluding carboxylic acids is 2. The Bertz CT molecular complexity index is 229. The number of nitrogens with zero attached hydrogens (tertiary/aromatic N) is 1. The van der Waals surface area contributed by atoms with Gasteiger partial charge in [-0.3, -0.25) is 4.79 Å². The number of cyclic esters (lactones) is 1. The third-order valence-electron chi connectivity index (χ3n) is 2.06. The summed E-state index contributed by atoms with van der Waals surface area (Å²) < 4.78 is 4.77. The van der Waals surface area contributed by atoms with Crippen LogP contribution in [0.2, 0.25) is 0 Å². The van der Waals surface area contributed by atoms with Crippen LogP contribution in [0.1, 0.15) is 13.8 Å². The monoisotopic (exact) mass is 205 g/mol. The summed E-state index contributed by atoms with van der Waals surface area (Å²) in [4.78, 5) is 23.5. The first kappa shape index (κ1) is 10.3. The van der Waals surface area contributed by atoms with Crippen molar-refractivity contribution >= 4 is 23.6 Å². The predicted octanol–water partition coefficient (Wildman–Crippen LogP) is 1.23. The summed E-state index contributed by atoms with van der Waals surface area (Å²) in [6, 6.07) is -0.168. The van der Waals surface area contributed by atoms with Gasteiger partial charge in [0.25, 0.3) is 0 Å². The van der Waals surface area contributed by atoms with Gasteiger partial charge in [-0.15, -0.1) is 11.6 Å². The maximum absolute atomic E-state index is 11.2. The van der Waals surface area contributed by atoms with Crippen molar-refractivity contribution in [3.8, 4) is 0 Å². The number of imide groups is 1. The Hall–Kier alpha value is -0.770. The van der Waals surface area contributed by atoms with Crippen molar-refractivity contribution in [2.75, 3.05) is 12.5 Å². The summed E-state index contributed by atoms with van der Waals surface area (Å²) in [6.45, 7) is 4.14. The van der Waals surface area contributed by atoms with E-state index < -0.39 is 6.09 Å². The van der Waals surface area contributed by atoms with Crippen LogP contribution < -0.4 is 0 Å². The molecule has 2 amide bonds. The van der Waals surface area contributed by atoms with Crippen molar-refractivity contribution < 1.29 is 14.3 Å². The molecule has 0 unspecified atom stereocenters. The van der Waals surface area contributed by atoms with Crippen LogP contribution in [0.15, 0.2) is 0 Å². The highest BCUT2D eigenvalue weighted by molar-refractivity contribution is 6.28. The highest BCUT2D eigenvalue weighted by Gasteiger charge is 2.38. The van der Waals surface area contributed by atoms with E-state index in [1.165, 1.54) is 0 Å². The zero-order chi connectivity index (χ0) is 10.0. The average molecular weight is 206 g/mol. The minimum atomic E-state index is -0.579. The van der Waals surface area contributed by atoms with Crippen LogP contribution >= 0.6 is 11.6 Å². The van der Waals surface area contributed by atoms with Gasteiger partial charge in [0.05, 0.1) is 6.04 Å². The second-order valence-electron chi connectivity index (χ2n) is 3.29. The molecule has 0 aromatic heterocycles. The lowest BCUT2D eigenvalue weighted by Crippen LogP contribution is -2.42. The number of hydrogen-bond acceptors (Lipinski definition) is 3. The van der Waals surface area contributed by atoms with E-state index in [0.717, 1.165) is 4.90 Å². The van der Waals surface area contributed by atoms with E-state index in [9.17, 15) is 9.59 Å². The number of halogens is 1. The SMILES string of the molecule is CC(C)[C@H]1COC(=O)N1C(=O)CCl. The maximum Gasteiger partial charge on any atom is 0.417 e. The number of ether oxygens (including phenoxy) is 1. The molecule has 0 spiro atoms. The van der Waals surface area contributed by atoms with Gasteiger partial charge >= 0.3 is 6.09 Å². The maximum atomic E-state index is 11.2. The van der Waals surface area contributed by atoms with Crippen molar-refractivity contribution in [2.24, 2.45) is 5.92 Å². The molecule has 0 bridgehead atoms. The van der Waals surface area contributed by atoms with E-state index in [-0.39, 0.29) is 30.4 Å². The topological polar surface area (TPSA) is 46.6 Å². The summed E-state index contributed by atoms with van der Waals surface area (Å²) in [6.07, 6.45) is -0.579. The van der Waals surface area contributed by atoms with Gasteiger partial charge in [-0.05, 0) is 5.92 Å². The molecule has 1 aliphatic heterocycles. The molecule has 1 rings (SSSR count). The molecule has 0 aliphatic carbocycles. The molecule has 1 saturated heterocycles. The van der Waals surface area contributed by atoms with Crippen LogP contribution in [-0.4, -0.2) is 35.4 Å². The number of alkyl halides is 1. The third-order valence-corrected chi connectivity index (χ3v) is 2.29. The van der Waals surface area contributed by atoms with Crippen LogP contribution in [0.5, 0.6) is 0 Å². The largest absolute Gasteiger partial charge is 0.447 e. The minimum absolute atomic E-state index is 0.168. The second kappa shape index (κ2) is 3.96. The highest BCUT2D eigenvalue weighted by Crippen LogP contribution is 2.19. The summed E-state index contributed by atoms with van der Waals surface area (Å²) in [5.74, 6) is -0.375. The summed E-state index contributed by atoms with van der Waals surface area (Å²) in [5, 5.41) is 0. The average Bonchev–Trinajstić information content (AvgIpc) is 2.46. The molecule has 4 nitrogen and oxygen atoms in total. The molecule has 0 radical (unpaired) electrons. The molecule has 1 fully saturated rings. The molecule has 5 heteroatoms. The molecule has 13 heavy (non-hydrogen) atoms. The Kier molecular flexibility index (Phi) is 3.14. The first-order chi connectivity index (χ1) is 6.07. The smallest absolute Gasteiger partial charge is 0.417 e. The van der Waals surface area contributed by atoms with Gasteiger partial charge in [0.15, 0.2) is 0 Å². The summed E-state index contributed by atoms with van der Waals surface area (Å²) in [5.41, 5.74) is 0. The molecular formula is C8H12ClNO3. The first-order valence-corrected chi connectivity index (χ1v) is 4.66. The molecule has 0 aromatic rings. The van der Waals surface area contributed by atoms with Crippen molar-refractivity contribution in [3.05, 3.63) is 0 Å². The third kappa shape index (κ3) is 1.94. The fraction of sp³-hybridized carbons (Fsp3) is 0.750. The first-order valence-electron chi connectivity index (χ1n) is 4.12.